The van der Waals surface area contributed by atoms with Crippen LogP contribution in [0.2, 0.25) is 0 Å². The summed E-state index contributed by atoms with van der Waals surface area (Å²) in [5.74, 6) is 0.606. The van der Waals surface area contributed by atoms with Gasteiger partial charge in [0.25, 0.3) is 0 Å². The molecule has 0 aliphatic carbocycles. The molecule has 29 heavy (non-hydrogen) atoms. The number of aromatic amines is 1. The van der Waals surface area contributed by atoms with E-state index in [0.717, 1.165) is 12.0 Å². The van der Waals surface area contributed by atoms with E-state index in [-0.39, 0.29) is 19.1 Å². The largest absolute Gasteiger partial charge is 0.368 e. The first kappa shape index (κ1) is 18.8. The quantitative estimate of drug-likeness (QED) is 0.526. The fourth-order valence-corrected chi connectivity index (χ4v) is 3.49. The number of nitrogens with two attached hydrogens (primary N) is 2. The fourth-order valence-electron chi connectivity index (χ4n) is 3.49. The van der Waals surface area contributed by atoms with Gasteiger partial charge in [0.1, 0.15) is 30.6 Å². The molecule has 0 radical (unpaired) electrons. The molecule has 1 aromatic carbocycles. The van der Waals surface area contributed by atoms with Gasteiger partial charge in [-0.1, -0.05) is 30.3 Å². The lowest BCUT2D eigenvalue weighted by Crippen LogP contribution is -2.41. The van der Waals surface area contributed by atoms with Crippen molar-refractivity contribution in [1.82, 2.24) is 19.9 Å². The second kappa shape index (κ2) is 7.84. The molecule has 1 saturated heterocycles. The van der Waals surface area contributed by atoms with Crippen molar-refractivity contribution in [3.05, 3.63) is 36.2 Å². The molecule has 0 unspecified atom stereocenters. The third kappa shape index (κ3) is 3.87. The van der Waals surface area contributed by atoms with Gasteiger partial charge in [0.2, 0.25) is 11.8 Å². The highest BCUT2D eigenvalue weighted by Gasteiger charge is 2.32. The molecule has 1 aliphatic heterocycles. The second-order valence-electron chi connectivity index (χ2n) is 6.83. The van der Waals surface area contributed by atoms with E-state index in [1.165, 1.54) is 0 Å². The molecule has 1 atom stereocenters. The van der Waals surface area contributed by atoms with E-state index < -0.39 is 11.9 Å². The zero-order chi connectivity index (χ0) is 20.4. The van der Waals surface area contributed by atoms with Gasteiger partial charge >= 0.3 is 0 Å². The SMILES string of the molecule is NC(=O)COCc1nc2nc(-c3ccccc3)nc(N3CCC[C@@H]3C(N)=O)c2[nH]1. The number of ether oxygens (including phenoxy) is 1. The molecule has 10 nitrogen and oxygen atoms in total. The van der Waals surface area contributed by atoms with Crippen LogP contribution in [0.5, 0.6) is 0 Å². The number of benzene rings is 1. The van der Waals surface area contributed by atoms with Crippen LogP contribution < -0.4 is 16.4 Å². The fraction of sp³-hybridized carbons (Fsp3) is 0.316. The molecule has 150 valence electrons. The molecule has 0 spiro atoms. The van der Waals surface area contributed by atoms with E-state index in [1.54, 1.807) is 0 Å². The van der Waals surface area contributed by atoms with E-state index in [0.29, 0.717) is 41.6 Å². The van der Waals surface area contributed by atoms with Crippen LogP contribution in [-0.2, 0) is 20.9 Å². The molecule has 4 rings (SSSR count). The van der Waals surface area contributed by atoms with Crippen LogP contribution in [0.25, 0.3) is 22.6 Å². The van der Waals surface area contributed by atoms with Crippen molar-refractivity contribution < 1.29 is 14.3 Å². The van der Waals surface area contributed by atoms with Crippen LogP contribution in [0, 0.1) is 0 Å². The summed E-state index contributed by atoms with van der Waals surface area (Å²) in [7, 11) is 0. The molecule has 3 heterocycles. The number of rotatable bonds is 7. The smallest absolute Gasteiger partial charge is 0.243 e. The van der Waals surface area contributed by atoms with Crippen molar-refractivity contribution in [2.24, 2.45) is 11.5 Å². The number of carbonyl (C=O) groups excluding carboxylic acids is 2. The second-order valence-corrected chi connectivity index (χ2v) is 6.83. The number of nitrogens with one attached hydrogen (secondary N) is 1. The van der Waals surface area contributed by atoms with Crippen molar-refractivity contribution in [2.45, 2.75) is 25.5 Å². The van der Waals surface area contributed by atoms with Crippen molar-refractivity contribution in [1.29, 1.82) is 0 Å². The number of anilines is 1. The Balaban J connectivity index is 1.79. The Kier molecular flexibility index (Phi) is 5.09. The predicted octanol–water partition coefficient (Wildman–Crippen LogP) is 0.476. The Morgan fingerprint density at radius 3 is 2.69 bits per heavy atom. The predicted molar refractivity (Wildman–Crippen MR) is 106 cm³/mol. The zero-order valence-electron chi connectivity index (χ0n) is 15.7. The normalized spacial score (nSPS) is 16.4. The van der Waals surface area contributed by atoms with Crippen molar-refractivity contribution in [3.8, 4) is 11.4 Å². The van der Waals surface area contributed by atoms with Crippen molar-refractivity contribution >= 4 is 28.8 Å². The zero-order valence-corrected chi connectivity index (χ0v) is 15.7. The number of imidazole rings is 1. The van der Waals surface area contributed by atoms with Crippen LogP contribution in [0.15, 0.2) is 30.3 Å². The summed E-state index contributed by atoms with van der Waals surface area (Å²) in [6, 6.07) is 9.09. The molecule has 3 aromatic rings. The molecule has 2 aromatic heterocycles. The van der Waals surface area contributed by atoms with Crippen LogP contribution in [0.4, 0.5) is 5.82 Å². The highest BCUT2D eigenvalue weighted by Crippen LogP contribution is 2.31. The van der Waals surface area contributed by atoms with Gasteiger partial charge < -0.3 is 26.1 Å². The average Bonchev–Trinajstić information content (AvgIpc) is 3.34. The number of amides is 2. The molecular weight excluding hydrogens is 374 g/mol. The van der Waals surface area contributed by atoms with Crippen LogP contribution in [-0.4, -0.2) is 50.9 Å². The molecule has 10 heteroatoms. The third-order valence-electron chi connectivity index (χ3n) is 4.75. The minimum atomic E-state index is -0.561. The minimum absolute atomic E-state index is 0.0681. The molecule has 1 aliphatic rings. The molecule has 2 amide bonds. The summed E-state index contributed by atoms with van der Waals surface area (Å²) in [6.07, 6.45) is 1.51. The van der Waals surface area contributed by atoms with Crippen LogP contribution >= 0.6 is 0 Å². The monoisotopic (exact) mass is 395 g/mol. The Morgan fingerprint density at radius 2 is 1.97 bits per heavy atom. The van der Waals surface area contributed by atoms with Gasteiger partial charge in [-0.2, -0.15) is 0 Å². The number of carbonyl (C=O) groups is 2. The number of fused-ring (bicyclic) bond motifs is 1. The highest BCUT2D eigenvalue weighted by molar-refractivity contribution is 5.90. The lowest BCUT2D eigenvalue weighted by atomic mass is 10.2. The van der Waals surface area contributed by atoms with Gasteiger partial charge in [0.05, 0.1) is 0 Å². The molecule has 0 saturated carbocycles. The third-order valence-corrected chi connectivity index (χ3v) is 4.75. The first-order chi connectivity index (χ1) is 14.0. The summed E-state index contributed by atoms with van der Waals surface area (Å²) < 4.78 is 5.25. The highest BCUT2D eigenvalue weighted by atomic mass is 16.5. The summed E-state index contributed by atoms with van der Waals surface area (Å²) in [5, 5.41) is 0. The van der Waals surface area contributed by atoms with Crippen molar-refractivity contribution in [3.63, 3.8) is 0 Å². The summed E-state index contributed by atoms with van der Waals surface area (Å²) >= 11 is 0. The topological polar surface area (TPSA) is 153 Å². The number of nitrogens with zero attached hydrogens (tertiary/aromatic N) is 4. The van der Waals surface area contributed by atoms with Gasteiger partial charge in [-0.3, -0.25) is 9.59 Å². The van der Waals surface area contributed by atoms with Crippen LogP contribution in [0.3, 0.4) is 0 Å². The minimum Gasteiger partial charge on any atom is -0.368 e. The maximum atomic E-state index is 11.9. The van der Waals surface area contributed by atoms with Gasteiger partial charge in [0, 0.05) is 12.1 Å². The molecule has 1 fully saturated rings. The van der Waals surface area contributed by atoms with Crippen molar-refractivity contribution in [2.75, 3.05) is 18.1 Å². The number of H-pyrrole nitrogens is 1. The van der Waals surface area contributed by atoms with E-state index >= 15 is 0 Å². The number of hydrogen-bond acceptors (Lipinski definition) is 7. The number of hydrogen-bond donors (Lipinski definition) is 3. The molecule has 5 N–H and O–H groups in total. The van der Waals surface area contributed by atoms with Gasteiger partial charge in [0.15, 0.2) is 17.3 Å². The number of primary amides is 2. The Bertz CT molecular complexity index is 1050. The average molecular weight is 395 g/mol. The summed E-state index contributed by atoms with van der Waals surface area (Å²) in [6.45, 7) is 0.514. The van der Waals surface area contributed by atoms with E-state index in [1.807, 2.05) is 35.2 Å². The molecule has 0 bridgehead atoms. The lowest BCUT2D eigenvalue weighted by molar-refractivity contribution is -0.123. The number of aromatic nitrogens is 4. The van der Waals surface area contributed by atoms with Gasteiger partial charge in [-0.15, -0.1) is 0 Å². The Morgan fingerprint density at radius 1 is 1.17 bits per heavy atom. The maximum Gasteiger partial charge on any atom is 0.243 e. The lowest BCUT2D eigenvalue weighted by Gasteiger charge is -2.23. The van der Waals surface area contributed by atoms with E-state index in [4.69, 9.17) is 21.2 Å². The first-order valence-electron chi connectivity index (χ1n) is 9.27. The first-order valence-corrected chi connectivity index (χ1v) is 9.27. The Labute approximate surface area is 166 Å². The summed E-state index contributed by atoms with van der Waals surface area (Å²) in [4.78, 5) is 41.6. The Hall–Kier alpha value is -3.53. The van der Waals surface area contributed by atoms with Crippen LogP contribution in [0.1, 0.15) is 18.7 Å². The molecular formula is C19H21N7O3. The summed E-state index contributed by atoms with van der Waals surface area (Å²) in [5.41, 5.74) is 12.6. The van der Waals surface area contributed by atoms with Gasteiger partial charge in [-0.25, -0.2) is 15.0 Å². The van der Waals surface area contributed by atoms with Gasteiger partial charge in [-0.05, 0) is 12.8 Å². The standard InChI is InChI=1S/C19H21N7O3/c20-13(27)9-29-10-14-22-15-18(23-14)24-17(11-5-2-1-3-6-11)25-19(15)26-8-4-7-12(26)16(21)28/h1-3,5-6,12H,4,7-10H2,(H2,20,27)(H2,21,28)(H,22,23,24,25)/t12-/m1/s1. The maximum absolute atomic E-state index is 11.9. The van der Waals surface area contributed by atoms with E-state index in [2.05, 4.69) is 15.0 Å². The van der Waals surface area contributed by atoms with E-state index in [9.17, 15) is 9.59 Å².